The van der Waals surface area contributed by atoms with Gasteiger partial charge in [0.25, 0.3) is 0 Å². The highest BCUT2D eigenvalue weighted by Gasteiger charge is 2.46. The molecule has 1 rings (SSSR count). The summed E-state index contributed by atoms with van der Waals surface area (Å²) in [6.07, 6.45) is -4.95. The lowest BCUT2D eigenvalue weighted by Crippen LogP contribution is -2.34. The zero-order valence-electron chi connectivity index (χ0n) is 6.27. The third-order valence-corrected chi connectivity index (χ3v) is 2.10. The molecule has 2 atom stereocenters. The van der Waals surface area contributed by atoms with Crippen molar-refractivity contribution >= 4 is 5.78 Å². The van der Waals surface area contributed by atoms with Gasteiger partial charge >= 0.3 is 6.18 Å². The van der Waals surface area contributed by atoms with Crippen molar-refractivity contribution in [3.8, 4) is 0 Å². The molecule has 70 valence electrons. The largest absolute Gasteiger partial charge is 0.450 e. The maximum atomic E-state index is 11.8. The van der Waals surface area contributed by atoms with Gasteiger partial charge in [0.15, 0.2) is 0 Å². The summed E-state index contributed by atoms with van der Waals surface area (Å²) < 4.78 is 35.4. The quantitative estimate of drug-likeness (QED) is 0.663. The Kier molecular flexibility index (Phi) is 2.41. The smallest absolute Gasteiger partial charge is 0.392 e. The minimum absolute atomic E-state index is 0.152. The summed E-state index contributed by atoms with van der Waals surface area (Å²) in [5.74, 6) is -3.00. The molecule has 0 spiro atoms. The average Bonchev–Trinajstić information content (AvgIpc) is 2.31. The molecule has 2 unspecified atom stereocenters. The van der Waals surface area contributed by atoms with Crippen LogP contribution in [0.4, 0.5) is 13.2 Å². The maximum absolute atomic E-state index is 11.8. The number of aliphatic hydroxyl groups excluding tert-OH is 1. The summed E-state index contributed by atoms with van der Waals surface area (Å²) >= 11 is 0. The van der Waals surface area contributed by atoms with Crippen molar-refractivity contribution in [3.63, 3.8) is 0 Å². The van der Waals surface area contributed by atoms with Crippen molar-refractivity contribution in [2.75, 3.05) is 0 Å². The first-order chi connectivity index (χ1) is 5.43. The number of hydrogen-bond donors (Lipinski definition) is 1. The Morgan fingerprint density at radius 2 is 1.92 bits per heavy atom. The van der Waals surface area contributed by atoms with Crippen LogP contribution in [0, 0.1) is 5.92 Å². The minimum Gasteiger partial charge on any atom is -0.392 e. The molecule has 2 nitrogen and oxygen atoms in total. The van der Waals surface area contributed by atoms with Crippen LogP contribution in [0.2, 0.25) is 0 Å². The summed E-state index contributed by atoms with van der Waals surface area (Å²) in [6, 6.07) is 0. The Hall–Kier alpha value is -0.580. The van der Waals surface area contributed by atoms with Crippen LogP contribution in [0.1, 0.15) is 19.3 Å². The lowest BCUT2D eigenvalue weighted by atomic mass is 10.0. The van der Waals surface area contributed by atoms with Crippen molar-refractivity contribution in [2.24, 2.45) is 5.92 Å². The van der Waals surface area contributed by atoms with Crippen molar-refractivity contribution in [1.82, 2.24) is 0 Å². The summed E-state index contributed by atoms with van der Waals surface area (Å²) in [4.78, 5) is 10.6. The SMILES string of the molecule is O=C(C1CCCC1O)C(F)(F)F. The molecule has 0 heterocycles. The van der Waals surface area contributed by atoms with E-state index in [0.717, 1.165) is 0 Å². The van der Waals surface area contributed by atoms with E-state index in [9.17, 15) is 18.0 Å². The van der Waals surface area contributed by atoms with Gasteiger partial charge in [-0.15, -0.1) is 0 Å². The Labute approximate surface area is 67.4 Å². The summed E-state index contributed by atoms with van der Waals surface area (Å²) in [5.41, 5.74) is 0. The lowest BCUT2D eigenvalue weighted by molar-refractivity contribution is -0.178. The van der Waals surface area contributed by atoms with Crippen molar-refractivity contribution < 1.29 is 23.1 Å². The molecule has 0 saturated heterocycles. The molecule has 1 aliphatic rings. The maximum Gasteiger partial charge on any atom is 0.450 e. The Morgan fingerprint density at radius 1 is 1.33 bits per heavy atom. The fourth-order valence-corrected chi connectivity index (χ4v) is 1.46. The first-order valence-electron chi connectivity index (χ1n) is 3.72. The van der Waals surface area contributed by atoms with Gasteiger partial charge in [0.05, 0.1) is 12.0 Å². The van der Waals surface area contributed by atoms with Gasteiger partial charge in [-0.25, -0.2) is 0 Å². The third kappa shape index (κ3) is 1.77. The van der Waals surface area contributed by atoms with Gasteiger partial charge in [-0.3, -0.25) is 4.79 Å². The second-order valence-corrected chi connectivity index (χ2v) is 2.97. The summed E-state index contributed by atoms with van der Waals surface area (Å²) in [5, 5.41) is 9.00. The van der Waals surface area contributed by atoms with Crippen LogP contribution in [0.5, 0.6) is 0 Å². The van der Waals surface area contributed by atoms with Crippen molar-refractivity contribution in [2.45, 2.75) is 31.5 Å². The molecule has 0 aromatic rings. The van der Waals surface area contributed by atoms with E-state index in [-0.39, 0.29) is 6.42 Å². The Bertz CT molecular complexity index is 188. The molecule has 0 bridgehead atoms. The molecule has 12 heavy (non-hydrogen) atoms. The van der Waals surface area contributed by atoms with E-state index in [0.29, 0.717) is 12.8 Å². The van der Waals surface area contributed by atoms with E-state index in [1.165, 1.54) is 0 Å². The van der Waals surface area contributed by atoms with E-state index < -0.39 is 24.0 Å². The lowest BCUT2D eigenvalue weighted by Gasteiger charge is -2.14. The Morgan fingerprint density at radius 3 is 2.25 bits per heavy atom. The standard InChI is InChI=1S/C7H9F3O2/c8-7(9,10)6(12)4-2-1-3-5(4)11/h4-5,11H,1-3H2. The van der Waals surface area contributed by atoms with Gasteiger partial charge in [-0.05, 0) is 12.8 Å². The molecule has 5 heteroatoms. The minimum atomic E-state index is -4.80. The van der Waals surface area contributed by atoms with E-state index in [2.05, 4.69) is 0 Å². The van der Waals surface area contributed by atoms with Gasteiger partial charge in [0, 0.05) is 0 Å². The van der Waals surface area contributed by atoms with Crippen LogP contribution in [0.3, 0.4) is 0 Å². The summed E-state index contributed by atoms with van der Waals surface area (Å²) in [7, 11) is 0. The van der Waals surface area contributed by atoms with Gasteiger partial charge in [0.2, 0.25) is 5.78 Å². The highest BCUT2D eigenvalue weighted by Crippen LogP contribution is 2.32. The van der Waals surface area contributed by atoms with E-state index in [4.69, 9.17) is 5.11 Å². The van der Waals surface area contributed by atoms with Crippen LogP contribution >= 0.6 is 0 Å². The number of carbonyl (C=O) groups excluding carboxylic acids is 1. The van der Waals surface area contributed by atoms with Crippen LogP contribution in [0.15, 0.2) is 0 Å². The molecular weight excluding hydrogens is 173 g/mol. The Balaban J connectivity index is 2.64. The number of halogens is 3. The van der Waals surface area contributed by atoms with Gasteiger partial charge in [0.1, 0.15) is 0 Å². The number of Topliss-reactive ketones (excluding diaryl/α,β-unsaturated/α-hetero) is 1. The zero-order chi connectivity index (χ0) is 9.35. The van der Waals surface area contributed by atoms with E-state index >= 15 is 0 Å². The van der Waals surface area contributed by atoms with Crippen LogP contribution < -0.4 is 0 Å². The third-order valence-electron chi connectivity index (χ3n) is 2.10. The highest BCUT2D eigenvalue weighted by atomic mass is 19.4. The van der Waals surface area contributed by atoms with Gasteiger partial charge in [-0.1, -0.05) is 6.42 Å². The van der Waals surface area contributed by atoms with Gasteiger partial charge < -0.3 is 5.11 Å². The first kappa shape index (κ1) is 9.51. The fourth-order valence-electron chi connectivity index (χ4n) is 1.46. The average molecular weight is 182 g/mol. The highest BCUT2D eigenvalue weighted by molar-refractivity contribution is 5.87. The molecule has 1 N–H and O–H groups in total. The predicted octanol–water partition coefficient (Wildman–Crippen LogP) is 1.28. The molecule has 0 aliphatic heterocycles. The topological polar surface area (TPSA) is 37.3 Å². The summed E-state index contributed by atoms with van der Waals surface area (Å²) in [6.45, 7) is 0. The fraction of sp³-hybridized carbons (Fsp3) is 0.857. The number of ketones is 1. The van der Waals surface area contributed by atoms with Gasteiger partial charge in [-0.2, -0.15) is 13.2 Å². The molecule has 0 radical (unpaired) electrons. The van der Waals surface area contributed by atoms with E-state index in [1.807, 2.05) is 0 Å². The number of carbonyl (C=O) groups is 1. The molecule has 1 fully saturated rings. The second kappa shape index (κ2) is 3.05. The number of hydrogen-bond acceptors (Lipinski definition) is 2. The molecule has 1 saturated carbocycles. The molecule has 0 amide bonds. The second-order valence-electron chi connectivity index (χ2n) is 2.97. The number of rotatable bonds is 1. The van der Waals surface area contributed by atoms with Crippen LogP contribution in [-0.4, -0.2) is 23.2 Å². The molecule has 0 aromatic heterocycles. The van der Waals surface area contributed by atoms with Crippen molar-refractivity contribution in [3.05, 3.63) is 0 Å². The van der Waals surface area contributed by atoms with Crippen LogP contribution in [-0.2, 0) is 4.79 Å². The first-order valence-corrected chi connectivity index (χ1v) is 3.72. The predicted molar refractivity (Wildman–Crippen MR) is 34.4 cm³/mol. The zero-order valence-corrected chi connectivity index (χ0v) is 6.27. The number of alkyl halides is 3. The van der Waals surface area contributed by atoms with Crippen molar-refractivity contribution in [1.29, 1.82) is 0 Å². The number of aliphatic hydroxyl groups is 1. The normalized spacial score (nSPS) is 30.7. The van der Waals surface area contributed by atoms with Crippen LogP contribution in [0.25, 0.3) is 0 Å². The molecule has 1 aliphatic carbocycles. The molecular formula is C7H9F3O2. The molecule has 0 aromatic carbocycles. The monoisotopic (exact) mass is 182 g/mol. The van der Waals surface area contributed by atoms with E-state index in [1.54, 1.807) is 0 Å².